The van der Waals surface area contributed by atoms with Crippen LogP contribution in [0.2, 0.25) is 0 Å². The average molecular weight is 297 g/mol. The first-order valence-electron chi connectivity index (χ1n) is 6.14. The Morgan fingerprint density at radius 2 is 1.67 bits per heavy atom. The summed E-state index contributed by atoms with van der Waals surface area (Å²) >= 11 is 0. The first kappa shape index (κ1) is 15.0. The van der Waals surface area contributed by atoms with Crippen LogP contribution in [0.4, 0.5) is 17.6 Å². The lowest BCUT2D eigenvalue weighted by atomic mass is 10.1. The molecule has 0 radical (unpaired) electrons. The molecule has 0 atom stereocenters. The van der Waals surface area contributed by atoms with Gasteiger partial charge in [0.25, 0.3) is 5.91 Å². The molecule has 0 spiro atoms. The van der Waals surface area contributed by atoms with Gasteiger partial charge in [-0.15, -0.1) is 0 Å². The summed E-state index contributed by atoms with van der Waals surface area (Å²) in [6.45, 7) is 0.156. The molecule has 2 aromatic rings. The minimum absolute atomic E-state index is 0.156. The maximum Gasteiger partial charge on any atom is 0.251 e. The van der Waals surface area contributed by atoms with Gasteiger partial charge in [0, 0.05) is 12.1 Å². The zero-order valence-corrected chi connectivity index (χ0v) is 10.8. The minimum atomic E-state index is -1.62. The van der Waals surface area contributed by atoms with Gasteiger partial charge in [0.1, 0.15) is 5.82 Å². The van der Waals surface area contributed by atoms with Gasteiger partial charge in [0.05, 0.1) is 0 Å². The second-order valence-electron chi connectivity index (χ2n) is 4.39. The highest BCUT2D eigenvalue weighted by Gasteiger charge is 2.14. The van der Waals surface area contributed by atoms with E-state index >= 15 is 0 Å². The Kier molecular flexibility index (Phi) is 4.57. The van der Waals surface area contributed by atoms with Crippen LogP contribution in [0.5, 0.6) is 0 Å². The first-order chi connectivity index (χ1) is 9.97. The van der Waals surface area contributed by atoms with Crippen molar-refractivity contribution < 1.29 is 22.4 Å². The lowest BCUT2D eigenvalue weighted by Gasteiger charge is -2.06. The Labute approximate surface area is 118 Å². The van der Waals surface area contributed by atoms with Gasteiger partial charge < -0.3 is 5.32 Å². The average Bonchev–Trinajstić information content (AvgIpc) is 2.44. The van der Waals surface area contributed by atoms with E-state index in [1.165, 1.54) is 18.2 Å². The molecule has 21 heavy (non-hydrogen) atoms. The zero-order valence-electron chi connectivity index (χ0n) is 10.8. The van der Waals surface area contributed by atoms with Crippen molar-refractivity contribution in [3.63, 3.8) is 0 Å². The van der Waals surface area contributed by atoms with Crippen LogP contribution in [0, 0.1) is 23.3 Å². The molecule has 0 unspecified atom stereocenters. The van der Waals surface area contributed by atoms with Gasteiger partial charge in [-0.2, -0.15) is 0 Å². The Morgan fingerprint density at radius 3 is 2.29 bits per heavy atom. The number of amides is 1. The molecule has 2 rings (SSSR count). The van der Waals surface area contributed by atoms with Crippen molar-refractivity contribution in [1.82, 2.24) is 5.32 Å². The van der Waals surface area contributed by atoms with E-state index in [1.54, 1.807) is 6.07 Å². The molecule has 0 aliphatic heterocycles. The van der Waals surface area contributed by atoms with E-state index in [4.69, 9.17) is 0 Å². The van der Waals surface area contributed by atoms with Gasteiger partial charge >= 0.3 is 0 Å². The summed E-state index contributed by atoms with van der Waals surface area (Å²) in [6.07, 6.45) is 0.357. The number of carbonyl (C=O) groups is 1. The molecule has 0 aromatic heterocycles. The third-order valence-electron chi connectivity index (χ3n) is 2.83. The SMILES string of the molecule is O=C(NCCc1cccc(F)c1)c1cc(F)c(F)c(F)c1. The number of nitrogens with one attached hydrogen (secondary N) is 1. The molecule has 0 saturated carbocycles. The lowest BCUT2D eigenvalue weighted by molar-refractivity contribution is 0.0953. The molecule has 0 heterocycles. The van der Waals surface area contributed by atoms with Crippen LogP contribution in [0.3, 0.4) is 0 Å². The Hall–Kier alpha value is -2.37. The molecule has 110 valence electrons. The van der Waals surface area contributed by atoms with Crippen molar-refractivity contribution in [2.45, 2.75) is 6.42 Å². The van der Waals surface area contributed by atoms with E-state index in [9.17, 15) is 22.4 Å². The lowest BCUT2D eigenvalue weighted by Crippen LogP contribution is -2.26. The number of hydrogen-bond acceptors (Lipinski definition) is 1. The largest absolute Gasteiger partial charge is 0.352 e. The quantitative estimate of drug-likeness (QED) is 0.681. The topological polar surface area (TPSA) is 29.1 Å². The van der Waals surface area contributed by atoms with E-state index in [1.807, 2.05) is 0 Å². The summed E-state index contributed by atoms with van der Waals surface area (Å²) in [5.41, 5.74) is 0.359. The smallest absolute Gasteiger partial charge is 0.251 e. The van der Waals surface area contributed by atoms with Crippen LogP contribution >= 0.6 is 0 Å². The van der Waals surface area contributed by atoms with Crippen molar-refractivity contribution in [2.24, 2.45) is 0 Å². The molecule has 0 aliphatic rings. The van der Waals surface area contributed by atoms with Crippen LogP contribution in [0.1, 0.15) is 15.9 Å². The molecule has 2 nitrogen and oxygen atoms in total. The number of carbonyl (C=O) groups excluding carboxylic acids is 1. The second-order valence-corrected chi connectivity index (χ2v) is 4.39. The van der Waals surface area contributed by atoms with Gasteiger partial charge in [-0.1, -0.05) is 12.1 Å². The highest BCUT2D eigenvalue weighted by atomic mass is 19.2. The van der Waals surface area contributed by atoms with Crippen molar-refractivity contribution in [2.75, 3.05) is 6.54 Å². The van der Waals surface area contributed by atoms with Crippen molar-refractivity contribution in [1.29, 1.82) is 0 Å². The van der Waals surface area contributed by atoms with Gasteiger partial charge in [-0.3, -0.25) is 4.79 Å². The maximum atomic E-state index is 13.0. The normalized spacial score (nSPS) is 10.5. The molecule has 1 amide bonds. The van der Waals surface area contributed by atoms with Gasteiger partial charge in [-0.05, 0) is 36.2 Å². The van der Waals surface area contributed by atoms with Crippen LogP contribution in [0.25, 0.3) is 0 Å². The molecule has 6 heteroatoms. The van der Waals surface area contributed by atoms with Gasteiger partial charge in [-0.25, -0.2) is 17.6 Å². The van der Waals surface area contributed by atoms with Crippen molar-refractivity contribution >= 4 is 5.91 Å². The zero-order chi connectivity index (χ0) is 15.4. The Balaban J connectivity index is 1.96. The summed E-state index contributed by atoms with van der Waals surface area (Å²) in [7, 11) is 0. The van der Waals surface area contributed by atoms with Crippen LogP contribution in [0.15, 0.2) is 36.4 Å². The fourth-order valence-corrected chi connectivity index (χ4v) is 1.80. The van der Waals surface area contributed by atoms with Crippen LogP contribution in [-0.2, 0) is 6.42 Å². The number of halogens is 4. The molecule has 0 saturated heterocycles. The van der Waals surface area contributed by atoms with E-state index < -0.39 is 23.4 Å². The first-order valence-corrected chi connectivity index (χ1v) is 6.14. The third-order valence-corrected chi connectivity index (χ3v) is 2.83. The summed E-state index contributed by atoms with van der Waals surface area (Å²) in [5.74, 6) is -5.59. The van der Waals surface area contributed by atoms with Crippen LogP contribution in [-0.4, -0.2) is 12.5 Å². The standard InChI is InChI=1S/C15H11F4NO/c16-11-3-1-2-9(6-11)4-5-20-15(21)10-7-12(17)14(19)13(18)8-10/h1-3,6-8H,4-5H2,(H,20,21). The Morgan fingerprint density at radius 1 is 1.00 bits per heavy atom. The molecule has 0 fully saturated rings. The fraction of sp³-hybridized carbons (Fsp3) is 0.133. The highest BCUT2D eigenvalue weighted by molar-refractivity contribution is 5.94. The third kappa shape index (κ3) is 3.81. The second kappa shape index (κ2) is 6.39. The molecular weight excluding hydrogens is 286 g/mol. The number of rotatable bonds is 4. The maximum absolute atomic E-state index is 13.0. The predicted molar refractivity (Wildman–Crippen MR) is 68.8 cm³/mol. The van der Waals surface area contributed by atoms with E-state index in [0.717, 1.165) is 0 Å². The van der Waals surface area contributed by atoms with E-state index in [0.29, 0.717) is 24.1 Å². The summed E-state index contributed by atoms with van der Waals surface area (Å²) < 4.78 is 51.7. The summed E-state index contributed by atoms with van der Waals surface area (Å²) in [6, 6.07) is 7.09. The van der Waals surface area contributed by atoms with Crippen molar-refractivity contribution in [3.8, 4) is 0 Å². The van der Waals surface area contributed by atoms with Crippen molar-refractivity contribution in [3.05, 3.63) is 70.8 Å². The molecule has 0 bridgehead atoms. The van der Waals surface area contributed by atoms with Crippen LogP contribution < -0.4 is 5.32 Å². The number of hydrogen-bond donors (Lipinski definition) is 1. The van der Waals surface area contributed by atoms with Gasteiger partial charge in [0.15, 0.2) is 17.5 Å². The molecule has 1 N–H and O–H groups in total. The molecule has 2 aromatic carbocycles. The Bertz CT molecular complexity index is 649. The minimum Gasteiger partial charge on any atom is -0.352 e. The molecule has 0 aliphatic carbocycles. The molecular formula is C15H11F4NO. The number of benzene rings is 2. The monoisotopic (exact) mass is 297 g/mol. The predicted octanol–water partition coefficient (Wildman–Crippen LogP) is 3.22. The summed E-state index contributed by atoms with van der Waals surface area (Å²) in [5, 5.41) is 2.42. The highest BCUT2D eigenvalue weighted by Crippen LogP contribution is 2.13. The fourth-order valence-electron chi connectivity index (χ4n) is 1.80. The summed E-state index contributed by atoms with van der Waals surface area (Å²) in [4.78, 5) is 11.7. The van der Waals surface area contributed by atoms with E-state index in [2.05, 4.69) is 5.32 Å². The van der Waals surface area contributed by atoms with Gasteiger partial charge in [0.2, 0.25) is 0 Å². The van der Waals surface area contributed by atoms with E-state index in [-0.39, 0.29) is 17.9 Å².